The van der Waals surface area contributed by atoms with Crippen LogP contribution >= 0.6 is 0 Å². The summed E-state index contributed by atoms with van der Waals surface area (Å²) < 4.78 is 11.2. The number of non-ortho nitro benzene ring substituents is 2. The molecule has 0 N–H and O–H groups in total. The first-order valence-electron chi connectivity index (χ1n) is 16.4. The predicted octanol–water partition coefficient (Wildman–Crippen LogP) is 9.23. The Labute approximate surface area is 268 Å². The van der Waals surface area contributed by atoms with E-state index in [9.17, 15) is 34.6 Å². The van der Waals surface area contributed by atoms with Crippen molar-refractivity contribution in [1.82, 2.24) is 0 Å². The third kappa shape index (κ3) is 14.1. The monoisotopic (exact) mass is 634 g/mol. The standard InChI is InChI=1S/C34H54N2O9/c1-8-9-10-11-12-13-14-15-16-17-18-19-20-21-22-34(30(38)44-32(2,3)4,31(39)45-33(5,6)7)29(37)26-23-27(35(40)41)25-28(24-26)36(42)43/h23-25H,8-22H2,1-7H3. The number of ketones is 1. The molecule has 0 saturated heterocycles. The van der Waals surface area contributed by atoms with Gasteiger partial charge in [0.05, 0.1) is 15.9 Å². The first kappa shape index (κ1) is 39.7. The van der Waals surface area contributed by atoms with Crippen molar-refractivity contribution in [2.75, 3.05) is 0 Å². The van der Waals surface area contributed by atoms with Crippen molar-refractivity contribution in [1.29, 1.82) is 0 Å². The van der Waals surface area contributed by atoms with E-state index in [2.05, 4.69) is 6.92 Å². The zero-order valence-electron chi connectivity index (χ0n) is 28.4. The third-order valence-electron chi connectivity index (χ3n) is 7.37. The van der Waals surface area contributed by atoms with Crippen molar-refractivity contribution in [3.05, 3.63) is 44.0 Å². The molecule has 1 rings (SSSR count). The molecular weight excluding hydrogens is 580 g/mol. The maximum atomic E-state index is 14.2. The molecule has 0 aliphatic heterocycles. The number of nitro groups is 2. The summed E-state index contributed by atoms with van der Waals surface area (Å²) in [5.41, 5.74) is -6.64. The SMILES string of the molecule is CCCCCCCCCCCCCCCCC(C(=O)OC(C)(C)C)(C(=O)OC(C)(C)C)C(=O)c1cc([N+](=O)[O-])cc([N+](=O)[O-])c1. The third-order valence-corrected chi connectivity index (χ3v) is 7.37. The average Bonchev–Trinajstić information content (AvgIpc) is 2.92. The second-order valence-electron chi connectivity index (χ2n) is 13.8. The van der Waals surface area contributed by atoms with Crippen LogP contribution in [0.3, 0.4) is 0 Å². The number of ether oxygens (including phenoxy) is 2. The number of nitrogens with zero attached hydrogens (tertiary/aromatic N) is 2. The van der Waals surface area contributed by atoms with E-state index in [0.29, 0.717) is 18.9 Å². The molecule has 0 fully saturated rings. The Hall–Kier alpha value is -3.37. The molecule has 11 heteroatoms. The molecule has 0 aliphatic carbocycles. The van der Waals surface area contributed by atoms with Crippen LogP contribution in [0.25, 0.3) is 0 Å². The van der Waals surface area contributed by atoms with Gasteiger partial charge in [0.25, 0.3) is 11.4 Å². The van der Waals surface area contributed by atoms with E-state index in [1.807, 2.05) is 0 Å². The number of carbonyl (C=O) groups excluding carboxylic acids is 3. The second-order valence-corrected chi connectivity index (χ2v) is 13.8. The Bertz CT molecular complexity index is 1090. The van der Waals surface area contributed by atoms with Crippen molar-refractivity contribution in [3.63, 3.8) is 0 Å². The minimum Gasteiger partial charge on any atom is -0.459 e. The Morgan fingerprint density at radius 3 is 1.24 bits per heavy atom. The molecule has 0 atom stereocenters. The van der Waals surface area contributed by atoms with Gasteiger partial charge in [-0.3, -0.25) is 34.6 Å². The number of nitro benzene ring substituents is 2. The van der Waals surface area contributed by atoms with Crippen LogP contribution < -0.4 is 0 Å². The maximum Gasteiger partial charge on any atom is 0.332 e. The summed E-state index contributed by atoms with van der Waals surface area (Å²) in [4.78, 5) is 63.2. The normalized spacial score (nSPS) is 12.1. The van der Waals surface area contributed by atoms with Gasteiger partial charge < -0.3 is 9.47 Å². The molecule has 254 valence electrons. The number of hydrogen-bond donors (Lipinski definition) is 0. The minimum atomic E-state index is -2.51. The van der Waals surface area contributed by atoms with E-state index in [-0.39, 0.29) is 6.42 Å². The quantitative estimate of drug-likeness (QED) is 0.0321. The van der Waals surface area contributed by atoms with E-state index in [1.54, 1.807) is 41.5 Å². The van der Waals surface area contributed by atoms with Crippen molar-refractivity contribution >= 4 is 29.1 Å². The average molecular weight is 635 g/mol. The number of esters is 2. The second kappa shape index (κ2) is 18.6. The van der Waals surface area contributed by atoms with Crippen LogP contribution in [-0.2, 0) is 19.1 Å². The smallest absolute Gasteiger partial charge is 0.332 e. The predicted molar refractivity (Wildman–Crippen MR) is 173 cm³/mol. The molecule has 0 heterocycles. The van der Waals surface area contributed by atoms with Crippen LogP contribution in [0.1, 0.15) is 155 Å². The van der Waals surface area contributed by atoms with Gasteiger partial charge in [0.1, 0.15) is 11.2 Å². The fourth-order valence-electron chi connectivity index (χ4n) is 5.08. The minimum absolute atomic E-state index is 0.274. The lowest BCUT2D eigenvalue weighted by Gasteiger charge is -2.34. The lowest BCUT2D eigenvalue weighted by molar-refractivity contribution is -0.394. The molecule has 0 unspecified atom stereocenters. The molecule has 1 aromatic rings. The van der Waals surface area contributed by atoms with Crippen molar-refractivity contribution in [2.24, 2.45) is 5.41 Å². The zero-order chi connectivity index (χ0) is 34.3. The van der Waals surface area contributed by atoms with E-state index in [0.717, 1.165) is 37.8 Å². The van der Waals surface area contributed by atoms with Crippen LogP contribution in [-0.4, -0.2) is 38.8 Å². The molecule has 0 spiro atoms. The van der Waals surface area contributed by atoms with Gasteiger partial charge in [-0.05, 0) is 48.0 Å². The van der Waals surface area contributed by atoms with Gasteiger partial charge in [-0.25, -0.2) is 0 Å². The Morgan fingerprint density at radius 1 is 0.600 bits per heavy atom. The maximum absolute atomic E-state index is 14.2. The molecule has 0 radical (unpaired) electrons. The molecule has 0 saturated carbocycles. The summed E-state index contributed by atoms with van der Waals surface area (Å²) in [5, 5.41) is 23.1. The fraction of sp³-hybridized carbons (Fsp3) is 0.735. The van der Waals surface area contributed by atoms with Crippen molar-refractivity contribution in [2.45, 2.75) is 156 Å². The first-order valence-corrected chi connectivity index (χ1v) is 16.4. The van der Waals surface area contributed by atoms with Crippen LogP contribution in [0.5, 0.6) is 0 Å². The summed E-state index contributed by atoms with van der Waals surface area (Å²) in [6.45, 7) is 11.7. The van der Waals surface area contributed by atoms with Gasteiger partial charge in [0.2, 0.25) is 5.41 Å². The lowest BCUT2D eigenvalue weighted by Crippen LogP contribution is -2.52. The van der Waals surface area contributed by atoms with Crippen molar-refractivity contribution in [3.8, 4) is 0 Å². The van der Waals surface area contributed by atoms with Gasteiger partial charge in [-0.15, -0.1) is 0 Å². The van der Waals surface area contributed by atoms with Gasteiger partial charge >= 0.3 is 11.9 Å². The highest BCUT2D eigenvalue weighted by molar-refractivity contribution is 6.25. The van der Waals surface area contributed by atoms with E-state index in [1.165, 1.54) is 51.4 Å². The molecule has 0 aliphatic rings. The molecule has 1 aromatic carbocycles. The zero-order valence-corrected chi connectivity index (χ0v) is 28.4. The summed E-state index contributed by atoms with van der Waals surface area (Å²) in [7, 11) is 0. The fourth-order valence-corrected chi connectivity index (χ4v) is 5.08. The van der Waals surface area contributed by atoms with Gasteiger partial charge in [-0.2, -0.15) is 0 Å². The van der Waals surface area contributed by atoms with E-state index in [4.69, 9.17) is 9.47 Å². The van der Waals surface area contributed by atoms with Crippen molar-refractivity contribution < 1.29 is 33.7 Å². The van der Waals surface area contributed by atoms with Gasteiger partial charge in [-0.1, -0.05) is 96.8 Å². The Morgan fingerprint density at radius 2 is 0.933 bits per heavy atom. The number of hydrogen-bond acceptors (Lipinski definition) is 9. The lowest BCUT2D eigenvalue weighted by atomic mass is 9.75. The van der Waals surface area contributed by atoms with Gasteiger partial charge in [0.15, 0.2) is 5.78 Å². The molecule has 11 nitrogen and oxygen atoms in total. The molecule has 0 bridgehead atoms. The summed E-state index contributed by atoms with van der Waals surface area (Å²) in [6.07, 6.45) is 14.8. The topological polar surface area (TPSA) is 156 Å². The van der Waals surface area contributed by atoms with E-state index >= 15 is 0 Å². The number of carbonyl (C=O) groups is 3. The Balaban J connectivity index is 3.17. The summed E-state index contributed by atoms with van der Waals surface area (Å²) in [5.74, 6) is -3.44. The highest BCUT2D eigenvalue weighted by atomic mass is 16.6. The van der Waals surface area contributed by atoms with E-state index < -0.39 is 61.1 Å². The number of rotatable bonds is 21. The number of unbranched alkanes of at least 4 members (excludes halogenated alkanes) is 13. The van der Waals surface area contributed by atoms with Crippen LogP contribution in [0.4, 0.5) is 11.4 Å². The molecular formula is C34H54N2O9. The summed E-state index contributed by atoms with van der Waals surface area (Å²) >= 11 is 0. The van der Waals surface area contributed by atoms with Crippen LogP contribution in [0.15, 0.2) is 18.2 Å². The molecule has 0 aromatic heterocycles. The number of Topliss-reactive ketones (excluding diaryl/α,β-unsaturated/α-hetero) is 1. The van der Waals surface area contributed by atoms with Crippen LogP contribution in [0.2, 0.25) is 0 Å². The highest BCUT2D eigenvalue weighted by Gasteiger charge is 2.57. The molecule has 0 amide bonds. The molecule has 45 heavy (non-hydrogen) atoms. The Kier molecular flexibility index (Phi) is 16.4. The summed E-state index contributed by atoms with van der Waals surface area (Å²) in [6, 6.07) is 2.39. The first-order chi connectivity index (χ1) is 20.9. The largest absolute Gasteiger partial charge is 0.459 e. The number of benzene rings is 1. The highest BCUT2D eigenvalue weighted by Crippen LogP contribution is 2.38. The van der Waals surface area contributed by atoms with Gasteiger partial charge in [0, 0.05) is 17.7 Å². The van der Waals surface area contributed by atoms with Crippen LogP contribution in [0, 0.1) is 25.6 Å².